The van der Waals surface area contributed by atoms with E-state index in [2.05, 4.69) is 18.2 Å². The summed E-state index contributed by atoms with van der Waals surface area (Å²) >= 11 is 5.69. The van der Waals surface area contributed by atoms with Crippen molar-refractivity contribution in [3.63, 3.8) is 0 Å². The van der Waals surface area contributed by atoms with Gasteiger partial charge >= 0.3 is 0 Å². The summed E-state index contributed by atoms with van der Waals surface area (Å²) in [6.45, 7) is 2.73. The van der Waals surface area contributed by atoms with E-state index in [1.54, 1.807) is 12.1 Å². The molecule has 0 spiro atoms. The molecule has 0 radical (unpaired) electrons. The Kier molecular flexibility index (Phi) is 5.31. The molecule has 0 aliphatic heterocycles. The van der Waals surface area contributed by atoms with Gasteiger partial charge in [-0.1, -0.05) is 24.6 Å². The fraction of sp³-hybridized carbons (Fsp3) is 0.385. The first kappa shape index (κ1) is 13.0. The van der Waals surface area contributed by atoms with Gasteiger partial charge in [0.1, 0.15) is 5.82 Å². The molecular formula is C13H15ClFN. The van der Waals surface area contributed by atoms with Crippen LogP contribution >= 0.6 is 11.6 Å². The van der Waals surface area contributed by atoms with Crippen LogP contribution < -0.4 is 5.32 Å². The van der Waals surface area contributed by atoms with Gasteiger partial charge in [-0.3, -0.25) is 0 Å². The minimum absolute atomic E-state index is 0.157. The Morgan fingerprint density at radius 3 is 2.88 bits per heavy atom. The fourth-order valence-electron chi connectivity index (χ4n) is 1.41. The van der Waals surface area contributed by atoms with Crippen molar-refractivity contribution in [3.8, 4) is 12.3 Å². The SMILES string of the molecule is C#CCC(CC)NCc1ccc(F)c(Cl)c1. The summed E-state index contributed by atoms with van der Waals surface area (Å²) in [5, 5.41) is 3.47. The molecule has 3 heteroatoms. The predicted molar refractivity (Wildman–Crippen MR) is 65.8 cm³/mol. The summed E-state index contributed by atoms with van der Waals surface area (Å²) < 4.78 is 12.9. The Morgan fingerprint density at radius 2 is 2.31 bits per heavy atom. The number of halogens is 2. The number of hydrogen-bond acceptors (Lipinski definition) is 1. The van der Waals surface area contributed by atoms with Crippen LogP contribution in [0, 0.1) is 18.2 Å². The van der Waals surface area contributed by atoms with E-state index in [4.69, 9.17) is 18.0 Å². The van der Waals surface area contributed by atoms with Crippen LogP contribution in [0.3, 0.4) is 0 Å². The first-order chi connectivity index (χ1) is 7.67. The molecule has 1 aromatic rings. The van der Waals surface area contributed by atoms with Crippen molar-refractivity contribution >= 4 is 11.6 Å². The van der Waals surface area contributed by atoms with E-state index in [0.29, 0.717) is 19.0 Å². The number of rotatable bonds is 5. The Bertz CT molecular complexity index is 384. The van der Waals surface area contributed by atoms with Crippen LogP contribution in [0.15, 0.2) is 18.2 Å². The molecule has 1 nitrogen and oxygen atoms in total. The molecule has 1 aromatic carbocycles. The van der Waals surface area contributed by atoms with E-state index < -0.39 is 0 Å². The van der Waals surface area contributed by atoms with Crippen LogP contribution in [-0.4, -0.2) is 6.04 Å². The van der Waals surface area contributed by atoms with E-state index in [1.165, 1.54) is 6.07 Å². The van der Waals surface area contributed by atoms with Gasteiger partial charge in [-0.15, -0.1) is 12.3 Å². The highest BCUT2D eigenvalue weighted by atomic mass is 35.5. The van der Waals surface area contributed by atoms with Gasteiger partial charge in [0, 0.05) is 19.0 Å². The van der Waals surface area contributed by atoms with Crippen LogP contribution in [0.2, 0.25) is 5.02 Å². The quantitative estimate of drug-likeness (QED) is 0.777. The van der Waals surface area contributed by atoms with Gasteiger partial charge in [0.15, 0.2) is 0 Å². The lowest BCUT2D eigenvalue weighted by Gasteiger charge is -2.14. The molecule has 0 aliphatic carbocycles. The molecule has 0 saturated carbocycles. The minimum Gasteiger partial charge on any atom is -0.309 e. The normalized spacial score (nSPS) is 12.1. The first-order valence-electron chi connectivity index (χ1n) is 5.28. The van der Waals surface area contributed by atoms with Crippen LogP contribution in [0.1, 0.15) is 25.3 Å². The van der Waals surface area contributed by atoms with Crippen molar-refractivity contribution in [1.82, 2.24) is 5.32 Å². The highest BCUT2D eigenvalue weighted by Crippen LogP contribution is 2.16. The molecule has 1 rings (SSSR count). The molecule has 1 unspecified atom stereocenters. The fourth-order valence-corrected chi connectivity index (χ4v) is 1.62. The zero-order valence-electron chi connectivity index (χ0n) is 9.26. The van der Waals surface area contributed by atoms with E-state index in [1.807, 2.05) is 0 Å². The largest absolute Gasteiger partial charge is 0.309 e. The van der Waals surface area contributed by atoms with Gasteiger partial charge in [0.05, 0.1) is 5.02 Å². The molecule has 0 aliphatic rings. The van der Waals surface area contributed by atoms with Crippen molar-refractivity contribution in [2.45, 2.75) is 32.4 Å². The van der Waals surface area contributed by atoms with Gasteiger partial charge < -0.3 is 5.32 Å². The number of terminal acetylenes is 1. The van der Waals surface area contributed by atoms with Gasteiger partial charge in [-0.05, 0) is 24.1 Å². The number of nitrogens with one attached hydrogen (secondary N) is 1. The molecule has 0 saturated heterocycles. The molecule has 16 heavy (non-hydrogen) atoms. The Hall–Kier alpha value is -1.04. The van der Waals surface area contributed by atoms with Crippen LogP contribution in [0.5, 0.6) is 0 Å². The molecular weight excluding hydrogens is 225 g/mol. The standard InChI is InChI=1S/C13H15ClFN/c1-3-5-11(4-2)16-9-10-6-7-13(15)12(14)8-10/h1,6-8,11,16H,4-5,9H2,2H3. The lowest BCUT2D eigenvalue weighted by atomic mass is 10.1. The first-order valence-corrected chi connectivity index (χ1v) is 5.66. The van der Waals surface area contributed by atoms with E-state index in [9.17, 15) is 4.39 Å². The predicted octanol–water partition coefficient (Wildman–Crippen LogP) is 3.37. The van der Waals surface area contributed by atoms with Gasteiger partial charge in [0.2, 0.25) is 0 Å². The Morgan fingerprint density at radius 1 is 1.56 bits per heavy atom. The van der Waals surface area contributed by atoms with E-state index >= 15 is 0 Å². The van der Waals surface area contributed by atoms with E-state index in [0.717, 1.165) is 12.0 Å². The lowest BCUT2D eigenvalue weighted by Crippen LogP contribution is -2.27. The van der Waals surface area contributed by atoms with Crippen molar-refractivity contribution in [2.75, 3.05) is 0 Å². The molecule has 1 N–H and O–H groups in total. The molecule has 0 amide bonds. The van der Waals surface area contributed by atoms with Gasteiger partial charge in [-0.2, -0.15) is 0 Å². The maximum absolute atomic E-state index is 12.9. The Balaban J connectivity index is 2.54. The average molecular weight is 240 g/mol. The number of hydrogen-bond donors (Lipinski definition) is 1. The molecule has 0 fully saturated rings. The zero-order valence-corrected chi connectivity index (χ0v) is 10.0. The van der Waals surface area contributed by atoms with Crippen LogP contribution in [0.4, 0.5) is 4.39 Å². The van der Waals surface area contributed by atoms with Crippen molar-refractivity contribution in [1.29, 1.82) is 0 Å². The third-order valence-electron chi connectivity index (χ3n) is 2.44. The summed E-state index contributed by atoms with van der Waals surface area (Å²) in [6, 6.07) is 5.03. The number of benzene rings is 1. The Labute approximate surface area is 101 Å². The highest BCUT2D eigenvalue weighted by Gasteiger charge is 2.05. The summed E-state index contributed by atoms with van der Waals surface area (Å²) in [5.74, 6) is 2.24. The molecule has 86 valence electrons. The molecule has 0 heterocycles. The van der Waals surface area contributed by atoms with Crippen molar-refractivity contribution in [2.24, 2.45) is 0 Å². The van der Waals surface area contributed by atoms with Crippen LogP contribution in [-0.2, 0) is 6.54 Å². The molecule has 1 atom stereocenters. The smallest absolute Gasteiger partial charge is 0.141 e. The van der Waals surface area contributed by atoms with Gasteiger partial charge in [0.25, 0.3) is 0 Å². The topological polar surface area (TPSA) is 12.0 Å². The summed E-state index contributed by atoms with van der Waals surface area (Å²) in [7, 11) is 0. The second-order valence-electron chi connectivity index (χ2n) is 3.64. The maximum Gasteiger partial charge on any atom is 0.141 e. The van der Waals surface area contributed by atoms with Gasteiger partial charge in [-0.25, -0.2) is 4.39 Å². The second-order valence-corrected chi connectivity index (χ2v) is 4.05. The van der Waals surface area contributed by atoms with Crippen LogP contribution in [0.25, 0.3) is 0 Å². The third-order valence-corrected chi connectivity index (χ3v) is 2.73. The minimum atomic E-state index is -0.388. The average Bonchev–Trinajstić information content (AvgIpc) is 2.28. The summed E-state index contributed by atoms with van der Waals surface area (Å²) in [4.78, 5) is 0. The monoisotopic (exact) mass is 239 g/mol. The van der Waals surface area contributed by atoms with Crippen molar-refractivity contribution in [3.05, 3.63) is 34.6 Å². The van der Waals surface area contributed by atoms with Crippen molar-refractivity contribution < 1.29 is 4.39 Å². The third kappa shape index (κ3) is 3.84. The second kappa shape index (κ2) is 6.52. The molecule has 0 aromatic heterocycles. The lowest BCUT2D eigenvalue weighted by molar-refractivity contribution is 0.506. The highest BCUT2D eigenvalue weighted by molar-refractivity contribution is 6.30. The maximum atomic E-state index is 12.9. The molecule has 0 bridgehead atoms. The van der Waals surface area contributed by atoms with E-state index in [-0.39, 0.29) is 10.8 Å². The summed E-state index contributed by atoms with van der Waals surface area (Å²) in [5.41, 5.74) is 0.960. The summed E-state index contributed by atoms with van der Waals surface area (Å²) in [6.07, 6.45) is 6.93. The zero-order chi connectivity index (χ0) is 12.0.